The average Bonchev–Trinajstić information content (AvgIpc) is 2.67. The van der Waals surface area contributed by atoms with Gasteiger partial charge in [0.25, 0.3) is 0 Å². The highest BCUT2D eigenvalue weighted by atomic mass is 16.6. The quantitative estimate of drug-likeness (QED) is 0.654. The molecule has 0 aliphatic heterocycles. The van der Waals surface area contributed by atoms with Crippen molar-refractivity contribution in [3.05, 3.63) is 59.0 Å². The minimum Gasteiger partial charge on any atom is -0.496 e. The van der Waals surface area contributed by atoms with Crippen molar-refractivity contribution in [3.8, 4) is 22.6 Å². The van der Waals surface area contributed by atoms with E-state index in [4.69, 9.17) is 13.9 Å². The van der Waals surface area contributed by atoms with Gasteiger partial charge in [-0.05, 0) is 25.1 Å². The molecular formula is C20H18O6. The SMILES string of the molecule is COC(=O)[C@@H](C)Oc1ccc2c(=O)c(-c3ccccc3OC)coc2c1. The number of esters is 1. The summed E-state index contributed by atoms with van der Waals surface area (Å²) in [6, 6.07) is 12.0. The van der Waals surface area contributed by atoms with Crippen LogP contribution in [0.3, 0.4) is 0 Å². The van der Waals surface area contributed by atoms with Crippen LogP contribution < -0.4 is 14.9 Å². The first kappa shape index (κ1) is 17.5. The van der Waals surface area contributed by atoms with Gasteiger partial charge >= 0.3 is 5.97 Å². The van der Waals surface area contributed by atoms with Crippen LogP contribution in [0.2, 0.25) is 0 Å². The molecule has 0 saturated heterocycles. The Labute approximate surface area is 149 Å². The summed E-state index contributed by atoms with van der Waals surface area (Å²) in [6.07, 6.45) is 0.632. The molecule has 6 heteroatoms. The van der Waals surface area contributed by atoms with Gasteiger partial charge in [-0.25, -0.2) is 4.79 Å². The van der Waals surface area contributed by atoms with Gasteiger partial charge in [-0.15, -0.1) is 0 Å². The van der Waals surface area contributed by atoms with Crippen molar-refractivity contribution < 1.29 is 23.4 Å². The van der Waals surface area contributed by atoms with Crippen LogP contribution in [0.1, 0.15) is 6.92 Å². The second kappa shape index (κ2) is 7.31. The Morgan fingerprint density at radius 2 is 1.85 bits per heavy atom. The fourth-order valence-electron chi connectivity index (χ4n) is 2.65. The van der Waals surface area contributed by atoms with Gasteiger partial charge in [0.2, 0.25) is 5.43 Å². The van der Waals surface area contributed by atoms with E-state index >= 15 is 0 Å². The number of methoxy groups -OCH3 is 2. The molecule has 26 heavy (non-hydrogen) atoms. The summed E-state index contributed by atoms with van der Waals surface area (Å²) in [5.41, 5.74) is 1.25. The lowest BCUT2D eigenvalue weighted by atomic mass is 10.0. The topological polar surface area (TPSA) is 75.0 Å². The Kier molecular flexibility index (Phi) is 4.93. The molecule has 0 unspecified atom stereocenters. The number of ether oxygens (including phenoxy) is 3. The first-order valence-corrected chi connectivity index (χ1v) is 7.98. The van der Waals surface area contributed by atoms with Crippen molar-refractivity contribution in [1.29, 1.82) is 0 Å². The summed E-state index contributed by atoms with van der Waals surface area (Å²) in [7, 11) is 2.84. The highest BCUT2D eigenvalue weighted by Gasteiger charge is 2.17. The van der Waals surface area contributed by atoms with Gasteiger partial charge in [-0.3, -0.25) is 4.79 Å². The van der Waals surface area contributed by atoms with Crippen LogP contribution in [-0.4, -0.2) is 26.3 Å². The fraction of sp³-hybridized carbons (Fsp3) is 0.200. The highest BCUT2D eigenvalue weighted by molar-refractivity contribution is 5.84. The van der Waals surface area contributed by atoms with E-state index in [-0.39, 0.29) is 5.43 Å². The van der Waals surface area contributed by atoms with Gasteiger partial charge in [0.05, 0.1) is 25.2 Å². The monoisotopic (exact) mass is 354 g/mol. The molecule has 0 bridgehead atoms. The second-order valence-electron chi connectivity index (χ2n) is 5.62. The molecule has 3 aromatic rings. The molecule has 0 aliphatic carbocycles. The number of rotatable bonds is 5. The van der Waals surface area contributed by atoms with Crippen LogP contribution in [0.5, 0.6) is 11.5 Å². The molecule has 0 amide bonds. The Morgan fingerprint density at radius 3 is 2.58 bits per heavy atom. The lowest BCUT2D eigenvalue weighted by Gasteiger charge is -2.13. The molecule has 0 aliphatic rings. The molecular weight excluding hydrogens is 336 g/mol. The largest absolute Gasteiger partial charge is 0.496 e. The molecule has 0 N–H and O–H groups in total. The molecule has 0 fully saturated rings. The Morgan fingerprint density at radius 1 is 1.08 bits per heavy atom. The second-order valence-corrected chi connectivity index (χ2v) is 5.62. The van der Waals surface area contributed by atoms with E-state index in [0.29, 0.717) is 33.6 Å². The lowest BCUT2D eigenvalue weighted by Crippen LogP contribution is -2.24. The van der Waals surface area contributed by atoms with E-state index in [2.05, 4.69) is 4.74 Å². The normalized spacial score (nSPS) is 11.8. The zero-order chi connectivity index (χ0) is 18.7. The number of carbonyl (C=O) groups is 1. The molecule has 1 atom stereocenters. The van der Waals surface area contributed by atoms with Crippen molar-refractivity contribution in [2.24, 2.45) is 0 Å². The smallest absolute Gasteiger partial charge is 0.346 e. The zero-order valence-electron chi connectivity index (χ0n) is 14.6. The molecule has 2 aromatic carbocycles. The van der Waals surface area contributed by atoms with E-state index < -0.39 is 12.1 Å². The van der Waals surface area contributed by atoms with E-state index in [1.165, 1.54) is 13.4 Å². The molecule has 1 heterocycles. The number of para-hydroxylation sites is 1. The third-order valence-corrected chi connectivity index (χ3v) is 3.99. The maximum atomic E-state index is 12.9. The summed E-state index contributed by atoms with van der Waals surface area (Å²) in [5, 5.41) is 0.409. The maximum Gasteiger partial charge on any atom is 0.346 e. The minimum absolute atomic E-state index is 0.177. The van der Waals surface area contributed by atoms with Crippen LogP contribution >= 0.6 is 0 Å². The number of carbonyl (C=O) groups excluding carboxylic acids is 1. The molecule has 1 aromatic heterocycles. The number of benzene rings is 2. The van der Waals surface area contributed by atoms with Crippen LogP contribution in [0, 0.1) is 0 Å². The Hall–Kier alpha value is -3.28. The average molecular weight is 354 g/mol. The van der Waals surface area contributed by atoms with E-state index in [1.54, 1.807) is 44.4 Å². The van der Waals surface area contributed by atoms with Gasteiger partial charge in [0.1, 0.15) is 23.3 Å². The summed E-state index contributed by atoms with van der Waals surface area (Å²) in [4.78, 5) is 24.3. The molecule has 0 spiro atoms. The van der Waals surface area contributed by atoms with Crippen LogP contribution in [-0.2, 0) is 9.53 Å². The van der Waals surface area contributed by atoms with Gasteiger partial charge < -0.3 is 18.6 Å². The van der Waals surface area contributed by atoms with Crippen LogP contribution in [0.25, 0.3) is 22.1 Å². The number of hydrogen-bond donors (Lipinski definition) is 0. The Bertz CT molecular complexity index is 1000. The van der Waals surface area contributed by atoms with Crippen molar-refractivity contribution >= 4 is 16.9 Å². The first-order chi connectivity index (χ1) is 12.5. The highest BCUT2D eigenvalue weighted by Crippen LogP contribution is 2.29. The van der Waals surface area contributed by atoms with E-state index in [9.17, 15) is 9.59 Å². The summed E-state index contributed by atoms with van der Waals surface area (Å²) < 4.78 is 21.1. The summed E-state index contributed by atoms with van der Waals surface area (Å²) in [5.74, 6) is 0.507. The molecule has 0 radical (unpaired) electrons. The van der Waals surface area contributed by atoms with Crippen LogP contribution in [0.15, 0.2) is 57.9 Å². The number of hydrogen-bond acceptors (Lipinski definition) is 6. The van der Waals surface area contributed by atoms with Crippen molar-refractivity contribution in [1.82, 2.24) is 0 Å². The van der Waals surface area contributed by atoms with Crippen molar-refractivity contribution in [2.45, 2.75) is 13.0 Å². The first-order valence-electron chi connectivity index (χ1n) is 7.98. The van der Waals surface area contributed by atoms with Gasteiger partial charge in [0.15, 0.2) is 6.10 Å². The molecule has 134 valence electrons. The molecule has 0 saturated carbocycles. The van der Waals surface area contributed by atoms with Crippen molar-refractivity contribution in [3.63, 3.8) is 0 Å². The predicted molar refractivity (Wildman–Crippen MR) is 96.6 cm³/mol. The fourth-order valence-corrected chi connectivity index (χ4v) is 2.65. The number of fused-ring (bicyclic) bond motifs is 1. The van der Waals surface area contributed by atoms with Gasteiger partial charge in [-0.1, -0.05) is 18.2 Å². The van der Waals surface area contributed by atoms with Crippen molar-refractivity contribution in [2.75, 3.05) is 14.2 Å². The Balaban J connectivity index is 2.02. The van der Waals surface area contributed by atoms with E-state index in [1.807, 2.05) is 12.1 Å². The van der Waals surface area contributed by atoms with Gasteiger partial charge in [-0.2, -0.15) is 0 Å². The minimum atomic E-state index is -0.767. The molecule has 6 nitrogen and oxygen atoms in total. The lowest BCUT2D eigenvalue weighted by molar-refractivity contribution is -0.147. The zero-order valence-corrected chi connectivity index (χ0v) is 14.6. The van der Waals surface area contributed by atoms with E-state index in [0.717, 1.165) is 0 Å². The maximum absolute atomic E-state index is 12.9. The standard InChI is InChI=1S/C20H18O6/c1-12(20(22)24-3)26-13-8-9-15-18(10-13)25-11-16(19(15)21)14-6-4-5-7-17(14)23-2/h4-12H,1-3H3/t12-/m1/s1. The summed E-state index contributed by atoms with van der Waals surface area (Å²) in [6.45, 7) is 1.58. The third-order valence-electron chi connectivity index (χ3n) is 3.99. The third kappa shape index (κ3) is 3.26. The molecule has 3 rings (SSSR count). The summed E-state index contributed by atoms with van der Waals surface area (Å²) >= 11 is 0. The van der Waals surface area contributed by atoms with Crippen LogP contribution in [0.4, 0.5) is 0 Å². The predicted octanol–water partition coefficient (Wildman–Crippen LogP) is 3.41. The van der Waals surface area contributed by atoms with Gasteiger partial charge in [0, 0.05) is 11.6 Å².